The van der Waals surface area contributed by atoms with Crippen LogP contribution in [-0.4, -0.2) is 9.97 Å². The predicted molar refractivity (Wildman–Crippen MR) is 77.5 cm³/mol. The Morgan fingerprint density at radius 3 is 2.09 bits per heavy atom. The molecule has 0 atom stereocenters. The monoisotopic (exact) mass is 300 g/mol. The molecule has 1 aromatic carbocycles. The highest BCUT2D eigenvalue weighted by Crippen LogP contribution is 2.27. The lowest BCUT2D eigenvalue weighted by atomic mass is 10.0. The van der Waals surface area contributed by atoms with Gasteiger partial charge < -0.3 is 0 Å². The van der Waals surface area contributed by atoms with Crippen LogP contribution in [0.1, 0.15) is 5.56 Å². The van der Waals surface area contributed by atoms with Gasteiger partial charge in [0.15, 0.2) is 17.5 Å². The van der Waals surface area contributed by atoms with Gasteiger partial charge in [0.25, 0.3) is 0 Å². The minimum atomic E-state index is -1.48. The fourth-order valence-electron chi connectivity index (χ4n) is 2.25. The molecule has 110 valence electrons. The quantitative estimate of drug-likeness (QED) is 0.649. The summed E-state index contributed by atoms with van der Waals surface area (Å²) in [6.45, 7) is 1.87. The fourth-order valence-corrected chi connectivity index (χ4v) is 2.25. The van der Waals surface area contributed by atoms with Crippen LogP contribution in [0, 0.1) is 24.4 Å². The smallest absolute Gasteiger partial charge is 0.194 e. The summed E-state index contributed by atoms with van der Waals surface area (Å²) < 4.78 is 39.7. The maximum Gasteiger partial charge on any atom is 0.194 e. The number of hydrogen-bond acceptors (Lipinski definition) is 2. The van der Waals surface area contributed by atoms with E-state index in [1.807, 2.05) is 19.1 Å². The van der Waals surface area contributed by atoms with Gasteiger partial charge in [-0.25, -0.2) is 13.2 Å². The number of nitrogens with zero attached hydrogens (tertiary/aromatic N) is 2. The molecule has 0 saturated heterocycles. The molecule has 0 spiro atoms. The van der Waals surface area contributed by atoms with Gasteiger partial charge in [-0.05, 0) is 48.4 Å². The van der Waals surface area contributed by atoms with Crippen molar-refractivity contribution in [2.45, 2.75) is 6.92 Å². The number of rotatable bonds is 2. The van der Waals surface area contributed by atoms with Crippen molar-refractivity contribution in [3.05, 3.63) is 71.9 Å². The van der Waals surface area contributed by atoms with E-state index in [0.717, 1.165) is 28.8 Å². The van der Waals surface area contributed by atoms with Crippen molar-refractivity contribution in [3.8, 4) is 22.4 Å². The molecule has 0 aliphatic rings. The fraction of sp³-hybridized carbons (Fsp3) is 0.0588. The molecule has 3 rings (SSSR count). The summed E-state index contributed by atoms with van der Waals surface area (Å²) in [5.41, 5.74) is 3.31. The predicted octanol–water partition coefficient (Wildman–Crippen LogP) is 4.54. The van der Waals surface area contributed by atoms with Gasteiger partial charge in [-0.15, -0.1) is 0 Å². The first-order valence-electron chi connectivity index (χ1n) is 6.58. The van der Waals surface area contributed by atoms with E-state index in [1.54, 1.807) is 24.7 Å². The van der Waals surface area contributed by atoms with Crippen LogP contribution < -0.4 is 0 Å². The Morgan fingerprint density at radius 2 is 1.50 bits per heavy atom. The summed E-state index contributed by atoms with van der Waals surface area (Å²) in [5.74, 6) is -3.94. The standard InChI is InChI=1S/C17H11F3N2/c1-10-6-16(12-7-14(18)17(20)15(19)8-12)22-9-13(10)11-2-4-21-5-3-11/h2-9H,1H3. The van der Waals surface area contributed by atoms with E-state index in [4.69, 9.17) is 0 Å². The molecule has 2 heterocycles. The van der Waals surface area contributed by atoms with Gasteiger partial charge in [0, 0.05) is 29.7 Å². The largest absolute Gasteiger partial charge is 0.265 e. The molecule has 0 aliphatic heterocycles. The van der Waals surface area contributed by atoms with E-state index in [1.165, 1.54) is 0 Å². The molecule has 0 radical (unpaired) electrons. The van der Waals surface area contributed by atoms with E-state index in [2.05, 4.69) is 9.97 Å². The second-order valence-corrected chi connectivity index (χ2v) is 4.87. The van der Waals surface area contributed by atoms with Crippen molar-refractivity contribution in [1.29, 1.82) is 0 Å². The first kappa shape index (κ1) is 14.3. The average Bonchev–Trinajstić information content (AvgIpc) is 2.53. The normalized spacial score (nSPS) is 10.7. The second-order valence-electron chi connectivity index (χ2n) is 4.87. The molecular weight excluding hydrogens is 289 g/mol. The van der Waals surface area contributed by atoms with Gasteiger partial charge in [-0.2, -0.15) is 0 Å². The lowest BCUT2D eigenvalue weighted by molar-refractivity contribution is 0.447. The zero-order valence-corrected chi connectivity index (χ0v) is 11.6. The van der Waals surface area contributed by atoms with Gasteiger partial charge in [0.1, 0.15) is 0 Å². The van der Waals surface area contributed by atoms with Crippen LogP contribution >= 0.6 is 0 Å². The van der Waals surface area contributed by atoms with Crippen LogP contribution in [0.5, 0.6) is 0 Å². The molecule has 3 aromatic rings. The van der Waals surface area contributed by atoms with E-state index in [9.17, 15) is 13.2 Å². The zero-order chi connectivity index (χ0) is 15.7. The minimum absolute atomic E-state index is 0.195. The highest BCUT2D eigenvalue weighted by molar-refractivity contribution is 5.70. The van der Waals surface area contributed by atoms with Gasteiger partial charge in [-0.1, -0.05) is 0 Å². The molecule has 2 aromatic heterocycles. The molecule has 0 aliphatic carbocycles. The van der Waals surface area contributed by atoms with Crippen molar-refractivity contribution in [2.24, 2.45) is 0 Å². The van der Waals surface area contributed by atoms with Gasteiger partial charge in [0.2, 0.25) is 0 Å². The first-order chi connectivity index (χ1) is 10.6. The number of aryl methyl sites for hydroxylation is 1. The Balaban J connectivity index is 2.06. The molecule has 0 bridgehead atoms. The maximum absolute atomic E-state index is 13.3. The van der Waals surface area contributed by atoms with Gasteiger partial charge in [-0.3, -0.25) is 9.97 Å². The molecule has 0 saturated carbocycles. The van der Waals surface area contributed by atoms with Crippen LogP contribution in [0.15, 0.2) is 48.9 Å². The van der Waals surface area contributed by atoms with Crippen LogP contribution in [0.4, 0.5) is 13.2 Å². The average molecular weight is 300 g/mol. The van der Waals surface area contributed by atoms with Gasteiger partial charge >= 0.3 is 0 Å². The van der Waals surface area contributed by atoms with Crippen molar-refractivity contribution >= 4 is 0 Å². The summed E-state index contributed by atoms with van der Waals surface area (Å²) in [4.78, 5) is 8.18. The number of aromatic nitrogens is 2. The summed E-state index contributed by atoms with van der Waals surface area (Å²) in [7, 11) is 0. The summed E-state index contributed by atoms with van der Waals surface area (Å²) in [5, 5.41) is 0. The SMILES string of the molecule is Cc1cc(-c2cc(F)c(F)c(F)c2)ncc1-c1ccncc1. The van der Waals surface area contributed by atoms with E-state index in [-0.39, 0.29) is 5.56 Å². The Morgan fingerprint density at radius 1 is 0.864 bits per heavy atom. The minimum Gasteiger partial charge on any atom is -0.265 e. The highest BCUT2D eigenvalue weighted by Gasteiger charge is 2.13. The molecule has 0 fully saturated rings. The Bertz CT molecular complexity index is 810. The zero-order valence-electron chi connectivity index (χ0n) is 11.6. The van der Waals surface area contributed by atoms with Crippen molar-refractivity contribution in [1.82, 2.24) is 9.97 Å². The van der Waals surface area contributed by atoms with Crippen LogP contribution in [0.2, 0.25) is 0 Å². The highest BCUT2D eigenvalue weighted by atomic mass is 19.2. The van der Waals surface area contributed by atoms with Gasteiger partial charge in [0.05, 0.1) is 5.69 Å². The lowest BCUT2D eigenvalue weighted by Gasteiger charge is -2.09. The van der Waals surface area contributed by atoms with E-state index < -0.39 is 17.5 Å². The summed E-state index contributed by atoms with van der Waals surface area (Å²) >= 11 is 0. The summed E-state index contributed by atoms with van der Waals surface area (Å²) in [6, 6.07) is 7.28. The number of benzene rings is 1. The Labute approximate surface area is 125 Å². The molecular formula is C17H11F3N2. The molecule has 2 nitrogen and oxygen atoms in total. The van der Waals surface area contributed by atoms with Crippen molar-refractivity contribution < 1.29 is 13.2 Å². The number of halogens is 3. The number of hydrogen-bond donors (Lipinski definition) is 0. The van der Waals surface area contributed by atoms with Crippen LogP contribution in [0.25, 0.3) is 22.4 Å². The molecule has 22 heavy (non-hydrogen) atoms. The van der Waals surface area contributed by atoms with Crippen molar-refractivity contribution in [2.75, 3.05) is 0 Å². The van der Waals surface area contributed by atoms with E-state index >= 15 is 0 Å². The summed E-state index contributed by atoms with van der Waals surface area (Å²) in [6.07, 6.45) is 4.97. The van der Waals surface area contributed by atoms with Crippen LogP contribution in [-0.2, 0) is 0 Å². The lowest BCUT2D eigenvalue weighted by Crippen LogP contribution is -1.94. The van der Waals surface area contributed by atoms with E-state index in [0.29, 0.717) is 5.69 Å². The first-order valence-corrected chi connectivity index (χ1v) is 6.58. The molecule has 0 amide bonds. The Hall–Kier alpha value is -2.69. The third-order valence-electron chi connectivity index (χ3n) is 3.38. The third-order valence-corrected chi connectivity index (χ3v) is 3.38. The molecule has 5 heteroatoms. The molecule has 0 N–H and O–H groups in total. The van der Waals surface area contributed by atoms with Crippen LogP contribution in [0.3, 0.4) is 0 Å². The van der Waals surface area contributed by atoms with Crippen molar-refractivity contribution in [3.63, 3.8) is 0 Å². The Kier molecular flexibility index (Phi) is 3.63. The second kappa shape index (κ2) is 5.60. The topological polar surface area (TPSA) is 25.8 Å². The third kappa shape index (κ3) is 2.57. The maximum atomic E-state index is 13.3. The molecule has 0 unspecified atom stereocenters. The number of pyridine rings is 2.